The van der Waals surface area contributed by atoms with Crippen LogP contribution in [0.3, 0.4) is 0 Å². The van der Waals surface area contributed by atoms with Crippen molar-refractivity contribution in [1.82, 2.24) is 0 Å². The molecule has 1 N–H and O–H groups in total. The first-order valence-corrected chi connectivity index (χ1v) is 7.03. The number of halogens is 1. The highest BCUT2D eigenvalue weighted by molar-refractivity contribution is 5.68. The SMILES string of the molecule is COc1cc(C(CC(=O)O)C2CC2)cc(F)c1C(C)C. The number of carboxylic acids is 1. The van der Waals surface area contributed by atoms with Gasteiger partial charge in [-0.1, -0.05) is 13.8 Å². The number of hydrogen-bond acceptors (Lipinski definition) is 2. The molecular weight excluding hydrogens is 259 g/mol. The number of benzene rings is 1. The first kappa shape index (κ1) is 14.8. The summed E-state index contributed by atoms with van der Waals surface area (Å²) in [4.78, 5) is 11.0. The van der Waals surface area contributed by atoms with Crippen LogP contribution >= 0.6 is 0 Å². The molecule has 1 aromatic rings. The normalized spacial score (nSPS) is 16.2. The second-order valence-corrected chi connectivity index (χ2v) is 5.82. The van der Waals surface area contributed by atoms with E-state index in [9.17, 15) is 9.18 Å². The second-order valence-electron chi connectivity index (χ2n) is 5.82. The van der Waals surface area contributed by atoms with Gasteiger partial charge in [0.05, 0.1) is 13.5 Å². The molecule has 1 saturated carbocycles. The van der Waals surface area contributed by atoms with E-state index in [1.807, 2.05) is 19.9 Å². The molecule has 110 valence electrons. The van der Waals surface area contributed by atoms with Crippen LogP contribution in [-0.4, -0.2) is 18.2 Å². The fourth-order valence-corrected chi connectivity index (χ4v) is 2.80. The number of methoxy groups -OCH3 is 1. The van der Waals surface area contributed by atoms with Crippen molar-refractivity contribution in [3.8, 4) is 5.75 Å². The van der Waals surface area contributed by atoms with E-state index in [2.05, 4.69) is 0 Å². The zero-order chi connectivity index (χ0) is 14.9. The Labute approximate surface area is 118 Å². The minimum absolute atomic E-state index is 0.0258. The van der Waals surface area contributed by atoms with Crippen molar-refractivity contribution in [2.24, 2.45) is 5.92 Å². The van der Waals surface area contributed by atoms with Gasteiger partial charge in [-0.25, -0.2) is 4.39 Å². The van der Waals surface area contributed by atoms with Crippen LogP contribution in [0.1, 0.15) is 56.1 Å². The molecule has 0 saturated heterocycles. The molecule has 1 unspecified atom stereocenters. The highest BCUT2D eigenvalue weighted by Gasteiger charge is 2.34. The lowest BCUT2D eigenvalue weighted by Crippen LogP contribution is -2.10. The average molecular weight is 280 g/mol. The van der Waals surface area contributed by atoms with Crippen molar-refractivity contribution in [1.29, 1.82) is 0 Å². The van der Waals surface area contributed by atoms with Crippen molar-refractivity contribution < 1.29 is 19.0 Å². The Bertz CT molecular complexity index is 507. The molecule has 1 aromatic carbocycles. The summed E-state index contributed by atoms with van der Waals surface area (Å²) >= 11 is 0. The van der Waals surface area contributed by atoms with Crippen LogP contribution < -0.4 is 4.74 Å². The van der Waals surface area contributed by atoms with Crippen LogP contribution in [-0.2, 0) is 4.79 Å². The molecule has 1 aliphatic rings. The Hall–Kier alpha value is -1.58. The third-order valence-corrected chi connectivity index (χ3v) is 3.92. The average Bonchev–Trinajstić information content (AvgIpc) is 3.18. The van der Waals surface area contributed by atoms with Crippen LogP contribution in [0.4, 0.5) is 4.39 Å². The summed E-state index contributed by atoms with van der Waals surface area (Å²) in [6.45, 7) is 3.83. The van der Waals surface area contributed by atoms with Gasteiger partial charge in [0.15, 0.2) is 0 Å². The van der Waals surface area contributed by atoms with Gasteiger partial charge in [-0.15, -0.1) is 0 Å². The number of rotatable bonds is 6. The molecule has 0 heterocycles. The van der Waals surface area contributed by atoms with Crippen LogP contribution in [0.15, 0.2) is 12.1 Å². The molecule has 1 atom stereocenters. The minimum Gasteiger partial charge on any atom is -0.496 e. The fourth-order valence-electron chi connectivity index (χ4n) is 2.80. The van der Waals surface area contributed by atoms with Crippen LogP contribution in [0.2, 0.25) is 0 Å². The highest BCUT2D eigenvalue weighted by Crippen LogP contribution is 2.46. The maximum Gasteiger partial charge on any atom is 0.303 e. The fraction of sp³-hybridized carbons (Fsp3) is 0.562. The summed E-state index contributed by atoms with van der Waals surface area (Å²) in [6.07, 6.45) is 2.09. The van der Waals surface area contributed by atoms with Crippen molar-refractivity contribution in [2.45, 2.75) is 44.9 Å². The molecule has 1 fully saturated rings. The van der Waals surface area contributed by atoms with Crippen molar-refractivity contribution in [3.63, 3.8) is 0 Å². The Morgan fingerprint density at radius 2 is 2.10 bits per heavy atom. The predicted molar refractivity (Wildman–Crippen MR) is 74.8 cm³/mol. The van der Waals surface area contributed by atoms with Gasteiger partial charge in [0.1, 0.15) is 11.6 Å². The van der Waals surface area contributed by atoms with Gasteiger partial charge in [-0.3, -0.25) is 4.79 Å². The third-order valence-electron chi connectivity index (χ3n) is 3.92. The Balaban J connectivity index is 2.40. The molecule has 4 heteroatoms. The van der Waals surface area contributed by atoms with Crippen molar-refractivity contribution in [2.75, 3.05) is 7.11 Å². The van der Waals surface area contributed by atoms with Gasteiger partial charge in [-0.2, -0.15) is 0 Å². The zero-order valence-electron chi connectivity index (χ0n) is 12.1. The predicted octanol–water partition coefficient (Wildman–Crippen LogP) is 3.93. The van der Waals surface area contributed by atoms with Gasteiger partial charge in [-0.05, 0) is 48.3 Å². The largest absolute Gasteiger partial charge is 0.496 e. The summed E-state index contributed by atoms with van der Waals surface area (Å²) < 4.78 is 19.6. The molecule has 20 heavy (non-hydrogen) atoms. The highest BCUT2D eigenvalue weighted by atomic mass is 19.1. The van der Waals surface area contributed by atoms with Gasteiger partial charge in [0.2, 0.25) is 0 Å². The van der Waals surface area contributed by atoms with E-state index in [0.717, 1.165) is 18.4 Å². The van der Waals surface area contributed by atoms with Gasteiger partial charge in [0.25, 0.3) is 0 Å². The first-order chi connectivity index (χ1) is 9.43. The standard InChI is InChI=1S/C16H21FO3/c1-9(2)16-13(17)6-11(7-14(16)20-3)12(8-15(18)19)10-4-5-10/h6-7,9-10,12H,4-5,8H2,1-3H3,(H,18,19). The maximum absolute atomic E-state index is 14.3. The van der Waals surface area contributed by atoms with Crippen LogP contribution in [0, 0.1) is 11.7 Å². The van der Waals surface area contributed by atoms with Crippen LogP contribution in [0.5, 0.6) is 5.75 Å². The van der Waals surface area contributed by atoms with Crippen molar-refractivity contribution in [3.05, 3.63) is 29.1 Å². The minimum atomic E-state index is -0.839. The van der Waals surface area contributed by atoms with E-state index in [-0.39, 0.29) is 24.1 Å². The van der Waals surface area contributed by atoms with Gasteiger partial charge in [0, 0.05) is 5.56 Å². The summed E-state index contributed by atoms with van der Waals surface area (Å²) in [5, 5.41) is 9.04. The molecule has 0 aliphatic heterocycles. The molecular formula is C16H21FO3. The third kappa shape index (κ3) is 3.11. The Morgan fingerprint density at radius 1 is 1.45 bits per heavy atom. The van der Waals surface area contributed by atoms with Crippen LogP contribution in [0.25, 0.3) is 0 Å². The second kappa shape index (κ2) is 5.81. The molecule has 0 bridgehead atoms. The van der Waals surface area contributed by atoms with E-state index < -0.39 is 5.97 Å². The maximum atomic E-state index is 14.3. The summed E-state index contributed by atoms with van der Waals surface area (Å²) in [7, 11) is 1.52. The lowest BCUT2D eigenvalue weighted by molar-refractivity contribution is -0.137. The summed E-state index contributed by atoms with van der Waals surface area (Å²) in [6, 6.07) is 3.30. The first-order valence-electron chi connectivity index (χ1n) is 7.03. The Kier molecular flexibility index (Phi) is 4.31. The molecule has 2 rings (SSSR count). The van der Waals surface area contributed by atoms with E-state index in [4.69, 9.17) is 9.84 Å². The molecule has 3 nitrogen and oxygen atoms in total. The monoisotopic (exact) mass is 280 g/mol. The summed E-state index contributed by atoms with van der Waals surface area (Å²) in [5.74, 6) is -0.347. The summed E-state index contributed by atoms with van der Waals surface area (Å²) in [5.41, 5.74) is 1.30. The number of aliphatic carboxylic acids is 1. The van der Waals surface area contributed by atoms with Gasteiger partial charge >= 0.3 is 5.97 Å². The number of carbonyl (C=O) groups is 1. The van der Waals surface area contributed by atoms with Gasteiger partial charge < -0.3 is 9.84 Å². The topological polar surface area (TPSA) is 46.5 Å². The van der Waals surface area contributed by atoms with Crippen molar-refractivity contribution >= 4 is 5.97 Å². The Morgan fingerprint density at radius 3 is 2.55 bits per heavy atom. The van der Waals surface area contributed by atoms with E-state index in [1.165, 1.54) is 13.2 Å². The lowest BCUT2D eigenvalue weighted by atomic mass is 9.88. The molecule has 1 aliphatic carbocycles. The number of ether oxygens (including phenoxy) is 1. The molecule has 0 radical (unpaired) electrons. The smallest absolute Gasteiger partial charge is 0.303 e. The lowest BCUT2D eigenvalue weighted by Gasteiger charge is -2.19. The number of carboxylic acid groups (broad SMARTS) is 1. The number of hydrogen-bond donors (Lipinski definition) is 1. The van der Waals surface area contributed by atoms with E-state index in [1.54, 1.807) is 0 Å². The van der Waals surface area contributed by atoms with E-state index in [0.29, 0.717) is 17.2 Å². The molecule has 0 amide bonds. The van der Waals surface area contributed by atoms with E-state index >= 15 is 0 Å². The molecule has 0 spiro atoms. The quantitative estimate of drug-likeness (QED) is 0.859. The molecule has 0 aromatic heterocycles. The zero-order valence-corrected chi connectivity index (χ0v) is 12.1.